The van der Waals surface area contributed by atoms with Crippen molar-refractivity contribution < 1.29 is 29.6 Å². The van der Waals surface area contributed by atoms with E-state index in [1.165, 1.54) is 6.92 Å². The van der Waals surface area contributed by atoms with Crippen molar-refractivity contribution in [1.29, 1.82) is 0 Å². The Kier molecular flexibility index (Phi) is 6.80. The van der Waals surface area contributed by atoms with E-state index in [1.807, 2.05) is 6.92 Å². The Morgan fingerprint density at radius 2 is 2.10 bits per heavy atom. The lowest BCUT2D eigenvalue weighted by Crippen LogP contribution is -2.64. The fourth-order valence-electron chi connectivity index (χ4n) is 1.94. The molecule has 6 atom stereocenters. The third-order valence-corrected chi connectivity index (χ3v) is 3.20. The number of aliphatic hydroxyl groups is 3. The van der Waals surface area contributed by atoms with Gasteiger partial charge in [-0.2, -0.15) is 0 Å². The standard InChI is InChI=1S/C12H24N2O6/c1-6(3-13)5-19-12-9(14-7(2)16)11(18)10(17)8(4-15)20-12/h6,8-12,15,17-18H,3-5,13H2,1-2H3,(H,14,16)/t6?,8?,9-,10-,11?,12+/m0/s1. The third kappa shape index (κ3) is 4.37. The monoisotopic (exact) mass is 292 g/mol. The lowest BCUT2D eigenvalue weighted by atomic mass is 9.97. The van der Waals surface area contributed by atoms with Crippen molar-refractivity contribution in [2.24, 2.45) is 11.7 Å². The van der Waals surface area contributed by atoms with Crippen LogP contribution in [0.15, 0.2) is 0 Å². The van der Waals surface area contributed by atoms with Gasteiger partial charge in [0, 0.05) is 6.92 Å². The molecular weight excluding hydrogens is 268 g/mol. The van der Waals surface area contributed by atoms with Gasteiger partial charge in [-0.3, -0.25) is 4.79 Å². The van der Waals surface area contributed by atoms with E-state index in [2.05, 4.69) is 5.32 Å². The topological polar surface area (TPSA) is 134 Å². The number of nitrogens with two attached hydrogens (primary N) is 1. The lowest BCUT2D eigenvalue weighted by molar-refractivity contribution is -0.272. The lowest BCUT2D eigenvalue weighted by Gasteiger charge is -2.42. The number of ether oxygens (including phenoxy) is 2. The second-order valence-electron chi connectivity index (χ2n) is 5.11. The average molecular weight is 292 g/mol. The van der Waals surface area contributed by atoms with Crippen molar-refractivity contribution in [3.8, 4) is 0 Å². The molecule has 0 aromatic carbocycles. The van der Waals surface area contributed by atoms with Crippen LogP contribution in [0.5, 0.6) is 0 Å². The zero-order chi connectivity index (χ0) is 15.3. The molecule has 118 valence electrons. The largest absolute Gasteiger partial charge is 0.394 e. The van der Waals surface area contributed by atoms with E-state index in [1.54, 1.807) is 0 Å². The number of nitrogens with one attached hydrogen (secondary N) is 1. The molecule has 8 heteroatoms. The molecule has 1 amide bonds. The molecule has 3 unspecified atom stereocenters. The summed E-state index contributed by atoms with van der Waals surface area (Å²) < 4.78 is 10.9. The van der Waals surface area contributed by atoms with Crippen molar-refractivity contribution in [2.75, 3.05) is 19.8 Å². The fourth-order valence-corrected chi connectivity index (χ4v) is 1.94. The van der Waals surface area contributed by atoms with Crippen molar-refractivity contribution in [3.05, 3.63) is 0 Å². The summed E-state index contributed by atoms with van der Waals surface area (Å²) in [6, 6.07) is -0.907. The van der Waals surface area contributed by atoms with Crippen LogP contribution in [-0.2, 0) is 14.3 Å². The van der Waals surface area contributed by atoms with Gasteiger partial charge in [0.1, 0.15) is 24.4 Å². The van der Waals surface area contributed by atoms with E-state index in [0.29, 0.717) is 6.54 Å². The number of hydrogen-bond donors (Lipinski definition) is 5. The highest BCUT2D eigenvalue weighted by Crippen LogP contribution is 2.22. The first-order valence-corrected chi connectivity index (χ1v) is 6.61. The number of amides is 1. The predicted octanol–water partition coefficient (Wildman–Crippen LogP) is -2.46. The zero-order valence-electron chi connectivity index (χ0n) is 11.7. The van der Waals surface area contributed by atoms with E-state index in [0.717, 1.165) is 0 Å². The van der Waals surface area contributed by atoms with Crippen LogP contribution in [0.1, 0.15) is 13.8 Å². The highest BCUT2D eigenvalue weighted by molar-refractivity contribution is 5.73. The highest BCUT2D eigenvalue weighted by atomic mass is 16.7. The van der Waals surface area contributed by atoms with Crippen molar-refractivity contribution in [1.82, 2.24) is 5.32 Å². The number of aliphatic hydroxyl groups excluding tert-OH is 3. The minimum absolute atomic E-state index is 0.0770. The summed E-state index contributed by atoms with van der Waals surface area (Å²) in [4.78, 5) is 11.2. The summed E-state index contributed by atoms with van der Waals surface area (Å²) in [5.41, 5.74) is 5.49. The van der Waals surface area contributed by atoms with Crippen LogP contribution in [0.25, 0.3) is 0 Å². The summed E-state index contributed by atoms with van der Waals surface area (Å²) in [6.07, 6.45) is -4.51. The normalized spacial score (nSPS) is 35.6. The summed E-state index contributed by atoms with van der Waals surface area (Å²) in [7, 11) is 0. The molecule has 20 heavy (non-hydrogen) atoms. The second kappa shape index (κ2) is 7.87. The fraction of sp³-hybridized carbons (Fsp3) is 0.917. The van der Waals surface area contributed by atoms with Crippen LogP contribution >= 0.6 is 0 Å². The maximum atomic E-state index is 11.2. The summed E-state index contributed by atoms with van der Waals surface area (Å²) in [5.74, 6) is -0.305. The molecule has 0 bridgehead atoms. The maximum absolute atomic E-state index is 11.2. The first-order chi connectivity index (χ1) is 9.40. The minimum atomic E-state index is -1.30. The third-order valence-electron chi connectivity index (χ3n) is 3.20. The molecule has 1 aliphatic heterocycles. The van der Waals surface area contributed by atoms with Crippen LogP contribution < -0.4 is 11.1 Å². The first-order valence-electron chi connectivity index (χ1n) is 6.61. The number of carbonyl (C=O) groups is 1. The molecule has 1 aliphatic rings. The van der Waals surface area contributed by atoms with E-state index >= 15 is 0 Å². The highest BCUT2D eigenvalue weighted by Gasteiger charge is 2.45. The summed E-state index contributed by atoms with van der Waals surface area (Å²) >= 11 is 0. The van der Waals surface area contributed by atoms with Crippen molar-refractivity contribution in [3.63, 3.8) is 0 Å². The Labute approximate surface area is 117 Å². The minimum Gasteiger partial charge on any atom is -0.394 e. The van der Waals surface area contributed by atoms with Gasteiger partial charge in [0.15, 0.2) is 6.29 Å². The molecule has 8 nitrogen and oxygen atoms in total. The first kappa shape index (κ1) is 17.3. The molecule has 1 fully saturated rings. The van der Waals surface area contributed by atoms with E-state index in [4.69, 9.17) is 20.3 Å². The molecule has 1 saturated heterocycles. The summed E-state index contributed by atoms with van der Waals surface area (Å²) in [6.45, 7) is 3.41. The second-order valence-corrected chi connectivity index (χ2v) is 5.11. The van der Waals surface area contributed by atoms with Gasteiger partial charge < -0.3 is 35.8 Å². The van der Waals surface area contributed by atoms with Gasteiger partial charge in [-0.15, -0.1) is 0 Å². The Bertz CT molecular complexity index is 316. The van der Waals surface area contributed by atoms with Gasteiger partial charge >= 0.3 is 0 Å². The maximum Gasteiger partial charge on any atom is 0.217 e. The molecule has 0 radical (unpaired) electrons. The molecule has 6 N–H and O–H groups in total. The molecule has 1 heterocycles. The number of carbonyl (C=O) groups excluding carboxylic acids is 1. The van der Waals surface area contributed by atoms with Crippen LogP contribution in [0.4, 0.5) is 0 Å². The molecule has 0 saturated carbocycles. The van der Waals surface area contributed by atoms with Gasteiger partial charge in [0.05, 0.1) is 13.2 Å². The van der Waals surface area contributed by atoms with Crippen LogP contribution in [0.2, 0.25) is 0 Å². The SMILES string of the molecule is CC(=O)N[C@H]1C(O)[C@@H](O)C(CO)O[C@H]1OCC(C)CN. The molecule has 0 aliphatic carbocycles. The number of hydrogen-bond acceptors (Lipinski definition) is 7. The van der Waals surface area contributed by atoms with E-state index in [-0.39, 0.29) is 18.4 Å². The molecule has 0 aromatic rings. The quantitative estimate of drug-likeness (QED) is 0.366. The Morgan fingerprint density at radius 3 is 2.60 bits per heavy atom. The van der Waals surface area contributed by atoms with Gasteiger partial charge in [0.2, 0.25) is 5.91 Å². The zero-order valence-corrected chi connectivity index (χ0v) is 11.7. The Morgan fingerprint density at radius 1 is 1.45 bits per heavy atom. The van der Waals surface area contributed by atoms with Crippen LogP contribution in [0, 0.1) is 5.92 Å². The molecule has 0 spiro atoms. The van der Waals surface area contributed by atoms with Crippen LogP contribution in [-0.4, -0.2) is 71.6 Å². The Balaban J connectivity index is 2.75. The number of rotatable bonds is 6. The van der Waals surface area contributed by atoms with Crippen LogP contribution in [0.3, 0.4) is 0 Å². The Hall–Kier alpha value is -0.770. The molecule has 1 rings (SSSR count). The molecular formula is C12H24N2O6. The van der Waals surface area contributed by atoms with E-state index < -0.39 is 37.3 Å². The van der Waals surface area contributed by atoms with Gasteiger partial charge in [-0.05, 0) is 12.5 Å². The predicted molar refractivity (Wildman–Crippen MR) is 69.5 cm³/mol. The van der Waals surface area contributed by atoms with E-state index in [9.17, 15) is 15.0 Å². The average Bonchev–Trinajstić information content (AvgIpc) is 2.42. The van der Waals surface area contributed by atoms with Gasteiger partial charge in [0.25, 0.3) is 0 Å². The van der Waals surface area contributed by atoms with Gasteiger partial charge in [-0.1, -0.05) is 6.92 Å². The van der Waals surface area contributed by atoms with Crippen molar-refractivity contribution >= 4 is 5.91 Å². The summed E-state index contributed by atoms with van der Waals surface area (Å²) in [5, 5.41) is 31.4. The smallest absolute Gasteiger partial charge is 0.217 e. The van der Waals surface area contributed by atoms with Crippen molar-refractivity contribution in [2.45, 2.75) is 44.5 Å². The van der Waals surface area contributed by atoms with Gasteiger partial charge in [-0.25, -0.2) is 0 Å². The molecule has 0 aromatic heterocycles.